The molecule has 1 saturated heterocycles. The van der Waals surface area contributed by atoms with E-state index < -0.39 is 0 Å². The van der Waals surface area contributed by atoms with Crippen LogP contribution < -0.4 is 4.90 Å². The lowest BCUT2D eigenvalue weighted by Crippen LogP contribution is -2.38. The Kier molecular flexibility index (Phi) is 4.05. The van der Waals surface area contributed by atoms with Gasteiger partial charge in [0.05, 0.1) is 5.56 Å². The zero-order chi connectivity index (χ0) is 15.5. The normalized spacial score (nSPS) is 18.2. The summed E-state index contributed by atoms with van der Waals surface area (Å²) in [6, 6.07) is 5.88. The van der Waals surface area contributed by atoms with Crippen molar-refractivity contribution in [3.05, 3.63) is 35.5 Å². The number of pyridine rings is 1. The molecule has 22 heavy (non-hydrogen) atoms. The predicted molar refractivity (Wildman–Crippen MR) is 83.4 cm³/mol. The van der Waals surface area contributed by atoms with Crippen LogP contribution in [-0.2, 0) is 6.54 Å². The highest BCUT2D eigenvalue weighted by Gasteiger charge is 2.23. The van der Waals surface area contributed by atoms with Crippen molar-refractivity contribution in [2.45, 2.75) is 33.2 Å². The van der Waals surface area contributed by atoms with Crippen LogP contribution in [0.5, 0.6) is 0 Å². The zero-order valence-electron chi connectivity index (χ0n) is 13.0. The van der Waals surface area contributed by atoms with Crippen LogP contribution in [0.3, 0.4) is 0 Å². The van der Waals surface area contributed by atoms with Crippen LogP contribution in [-0.4, -0.2) is 32.8 Å². The maximum absolute atomic E-state index is 9.25. The molecule has 1 atom stereocenters. The van der Waals surface area contributed by atoms with Gasteiger partial charge in [0.1, 0.15) is 23.5 Å². The molecule has 0 N–H and O–H groups in total. The largest absolute Gasteiger partial charge is 0.355 e. The molecule has 2 aromatic rings. The Morgan fingerprint density at radius 3 is 3.00 bits per heavy atom. The van der Waals surface area contributed by atoms with Gasteiger partial charge in [0.15, 0.2) is 0 Å². The first-order chi connectivity index (χ1) is 10.7. The highest BCUT2D eigenvalue weighted by atomic mass is 15.3. The molecule has 1 aliphatic heterocycles. The van der Waals surface area contributed by atoms with Gasteiger partial charge in [-0.15, -0.1) is 0 Å². The summed E-state index contributed by atoms with van der Waals surface area (Å²) in [4.78, 5) is 11.0. The standard InChI is InChI=1S/C16H20N6/c1-12-19-13(2)22(20-12)11-14-5-4-8-21(10-14)16-15(9-17)6-3-7-18-16/h3,6-7,14H,4-5,8,10-11H2,1-2H3. The summed E-state index contributed by atoms with van der Waals surface area (Å²) in [5.74, 6) is 3.09. The average Bonchev–Trinajstić information content (AvgIpc) is 2.85. The van der Waals surface area contributed by atoms with E-state index in [1.807, 2.05) is 30.7 Å². The van der Waals surface area contributed by atoms with E-state index in [0.717, 1.165) is 43.5 Å². The third-order valence-electron chi connectivity index (χ3n) is 4.12. The molecule has 0 bridgehead atoms. The van der Waals surface area contributed by atoms with Gasteiger partial charge in [-0.2, -0.15) is 10.4 Å². The van der Waals surface area contributed by atoms with E-state index in [9.17, 15) is 5.26 Å². The summed E-state index contributed by atoms with van der Waals surface area (Å²) < 4.78 is 1.99. The van der Waals surface area contributed by atoms with E-state index in [-0.39, 0.29) is 0 Å². The van der Waals surface area contributed by atoms with Crippen molar-refractivity contribution in [2.75, 3.05) is 18.0 Å². The Balaban J connectivity index is 1.74. The van der Waals surface area contributed by atoms with Crippen molar-refractivity contribution >= 4 is 5.82 Å². The van der Waals surface area contributed by atoms with Gasteiger partial charge in [-0.25, -0.2) is 14.6 Å². The number of anilines is 1. The zero-order valence-corrected chi connectivity index (χ0v) is 13.0. The van der Waals surface area contributed by atoms with Gasteiger partial charge in [0, 0.05) is 25.8 Å². The van der Waals surface area contributed by atoms with Crippen LogP contribution >= 0.6 is 0 Å². The van der Waals surface area contributed by atoms with Crippen LogP contribution in [0.25, 0.3) is 0 Å². The quantitative estimate of drug-likeness (QED) is 0.867. The fraction of sp³-hybridized carbons (Fsp3) is 0.500. The van der Waals surface area contributed by atoms with Crippen LogP contribution in [0.4, 0.5) is 5.82 Å². The molecule has 1 fully saturated rings. The lowest BCUT2D eigenvalue weighted by molar-refractivity contribution is 0.346. The minimum absolute atomic E-state index is 0.502. The summed E-state index contributed by atoms with van der Waals surface area (Å²) in [5, 5.41) is 13.7. The highest BCUT2D eigenvalue weighted by Crippen LogP contribution is 2.25. The van der Waals surface area contributed by atoms with E-state index >= 15 is 0 Å². The van der Waals surface area contributed by atoms with E-state index in [0.29, 0.717) is 11.5 Å². The lowest BCUT2D eigenvalue weighted by atomic mass is 9.97. The molecule has 0 spiro atoms. The molecule has 3 rings (SSSR count). The summed E-state index contributed by atoms with van der Waals surface area (Å²) in [5.41, 5.74) is 0.649. The number of nitrogens with zero attached hydrogens (tertiary/aromatic N) is 6. The van der Waals surface area contributed by atoms with Crippen LogP contribution in [0.1, 0.15) is 30.1 Å². The van der Waals surface area contributed by atoms with Gasteiger partial charge in [0.2, 0.25) is 0 Å². The Bertz CT molecular complexity index is 699. The van der Waals surface area contributed by atoms with Crippen LogP contribution in [0, 0.1) is 31.1 Å². The van der Waals surface area contributed by atoms with Gasteiger partial charge in [-0.3, -0.25) is 0 Å². The molecule has 1 aliphatic rings. The van der Waals surface area contributed by atoms with E-state index in [2.05, 4.69) is 26.0 Å². The Hall–Kier alpha value is -2.42. The van der Waals surface area contributed by atoms with Crippen LogP contribution in [0.15, 0.2) is 18.3 Å². The molecule has 2 aromatic heterocycles. The summed E-state index contributed by atoms with van der Waals surface area (Å²) in [6.45, 7) is 6.65. The number of hydrogen-bond acceptors (Lipinski definition) is 5. The predicted octanol–water partition coefficient (Wildman–Crippen LogP) is 2.08. The number of nitriles is 1. The summed E-state index contributed by atoms with van der Waals surface area (Å²) in [7, 11) is 0. The van der Waals surface area contributed by atoms with Crippen molar-refractivity contribution in [3.8, 4) is 6.07 Å². The number of hydrogen-bond donors (Lipinski definition) is 0. The van der Waals surface area contributed by atoms with Gasteiger partial charge in [-0.05, 0) is 44.7 Å². The third-order valence-corrected chi connectivity index (χ3v) is 4.12. The molecule has 114 valence electrons. The Morgan fingerprint density at radius 2 is 2.27 bits per heavy atom. The first-order valence-corrected chi connectivity index (χ1v) is 7.65. The average molecular weight is 296 g/mol. The second-order valence-corrected chi connectivity index (χ2v) is 5.83. The molecule has 0 amide bonds. The molecule has 3 heterocycles. The van der Waals surface area contributed by atoms with Crippen molar-refractivity contribution in [2.24, 2.45) is 5.92 Å². The topological polar surface area (TPSA) is 70.6 Å². The maximum Gasteiger partial charge on any atom is 0.147 e. The van der Waals surface area contributed by atoms with E-state index in [4.69, 9.17) is 0 Å². The number of piperidine rings is 1. The molecule has 0 radical (unpaired) electrons. The molecule has 0 saturated carbocycles. The van der Waals surface area contributed by atoms with Crippen LogP contribution in [0.2, 0.25) is 0 Å². The highest BCUT2D eigenvalue weighted by molar-refractivity contribution is 5.53. The molecule has 0 aromatic carbocycles. The molecule has 0 aliphatic carbocycles. The van der Waals surface area contributed by atoms with Crippen molar-refractivity contribution in [1.82, 2.24) is 19.7 Å². The first-order valence-electron chi connectivity index (χ1n) is 7.65. The minimum Gasteiger partial charge on any atom is -0.355 e. The van der Waals surface area contributed by atoms with Crippen molar-refractivity contribution < 1.29 is 0 Å². The molecular formula is C16H20N6. The second kappa shape index (κ2) is 6.14. The molecule has 1 unspecified atom stereocenters. The maximum atomic E-state index is 9.25. The SMILES string of the molecule is Cc1nc(C)n(CC2CCCN(c3ncccc3C#N)C2)n1. The van der Waals surface area contributed by atoms with Gasteiger partial charge in [0.25, 0.3) is 0 Å². The monoisotopic (exact) mass is 296 g/mol. The fourth-order valence-corrected chi connectivity index (χ4v) is 3.12. The number of rotatable bonds is 3. The Morgan fingerprint density at radius 1 is 1.41 bits per heavy atom. The fourth-order valence-electron chi connectivity index (χ4n) is 3.12. The smallest absolute Gasteiger partial charge is 0.147 e. The molecular weight excluding hydrogens is 276 g/mol. The lowest BCUT2D eigenvalue weighted by Gasteiger charge is -2.34. The second-order valence-electron chi connectivity index (χ2n) is 5.83. The Labute approximate surface area is 130 Å². The van der Waals surface area contributed by atoms with E-state index in [1.165, 1.54) is 6.42 Å². The number of aryl methyl sites for hydroxylation is 2. The first kappa shape index (κ1) is 14.5. The van der Waals surface area contributed by atoms with Crippen molar-refractivity contribution in [1.29, 1.82) is 5.26 Å². The number of aromatic nitrogens is 4. The van der Waals surface area contributed by atoms with Gasteiger partial charge < -0.3 is 4.90 Å². The summed E-state index contributed by atoms with van der Waals surface area (Å²) in [6.07, 6.45) is 4.03. The minimum atomic E-state index is 0.502. The van der Waals surface area contributed by atoms with Gasteiger partial charge >= 0.3 is 0 Å². The molecule has 6 nitrogen and oxygen atoms in total. The van der Waals surface area contributed by atoms with Crippen molar-refractivity contribution in [3.63, 3.8) is 0 Å². The van der Waals surface area contributed by atoms with Gasteiger partial charge in [-0.1, -0.05) is 0 Å². The third kappa shape index (κ3) is 2.93. The summed E-state index contributed by atoms with van der Waals surface area (Å²) >= 11 is 0. The molecule has 6 heteroatoms. The van der Waals surface area contributed by atoms with E-state index in [1.54, 1.807) is 6.20 Å².